The van der Waals surface area contributed by atoms with Crippen molar-refractivity contribution in [2.24, 2.45) is 0 Å². The lowest BCUT2D eigenvalue weighted by atomic mass is 9.79. The monoisotopic (exact) mass is 404 g/mol. The summed E-state index contributed by atoms with van der Waals surface area (Å²) in [6, 6.07) is 21.2. The van der Waals surface area contributed by atoms with Crippen LogP contribution in [-0.2, 0) is 5.41 Å². The van der Waals surface area contributed by atoms with E-state index in [-0.39, 0.29) is 5.41 Å². The average molecular weight is 405 g/mol. The second-order valence-corrected chi connectivity index (χ2v) is 9.32. The van der Waals surface area contributed by atoms with Crippen LogP contribution in [-0.4, -0.2) is 9.97 Å². The molecular formula is C28H24N2O. The van der Waals surface area contributed by atoms with E-state index in [0.717, 1.165) is 39.2 Å². The maximum absolute atomic E-state index is 6.33. The summed E-state index contributed by atoms with van der Waals surface area (Å²) in [4.78, 5) is 9.76. The van der Waals surface area contributed by atoms with Crippen LogP contribution in [0.3, 0.4) is 0 Å². The highest BCUT2D eigenvalue weighted by molar-refractivity contribution is 5.96. The zero-order chi connectivity index (χ0) is 21.3. The standard InChI is InChI=1S/C28H24N2O/c1-16(2)17-12-13-18-15-29-27(30-22(18)14-17)21-10-7-9-20-24(21)28(3,4)25-19-8-5-6-11-23(19)31-26(20)25/h5-16H,1-4H3. The van der Waals surface area contributed by atoms with Gasteiger partial charge in [0.2, 0.25) is 0 Å². The van der Waals surface area contributed by atoms with E-state index in [1.165, 1.54) is 22.1 Å². The molecule has 0 N–H and O–H groups in total. The van der Waals surface area contributed by atoms with Crippen LogP contribution in [0.15, 0.2) is 71.3 Å². The van der Waals surface area contributed by atoms with Crippen molar-refractivity contribution in [3.63, 3.8) is 0 Å². The van der Waals surface area contributed by atoms with Crippen LogP contribution in [0, 0.1) is 0 Å². The van der Waals surface area contributed by atoms with Crippen molar-refractivity contribution in [3.05, 3.63) is 83.6 Å². The Hall–Kier alpha value is -3.46. The molecule has 5 aromatic rings. The first-order chi connectivity index (χ1) is 14.9. The van der Waals surface area contributed by atoms with E-state index in [0.29, 0.717) is 5.92 Å². The molecule has 0 fully saturated rings. The fraction of sp³-hybridized carbons (Fsp3) is 0.214. The average Bonchev–Trinajstić information content (AvgIpc) is 3.27. The van der Waals surface area contributed by atoms with Crippen molar-refractivity contribution in [1.29, 1.82) is 0 Å². The van der Waals surface area contributed by atoms with Crippen LogP contribution < -0.4 is 0 Å². The maximum Gasteiger partial charge on any atom is 0.160 e. The molecule has 152 valence electrons. The van der Waals surface area contributed by atoms with Crippen LogP contribution in [0.1, 0.15) is 50.3 Å². The van der Waals surface area contributed by atoms with Gasteiger partial charge in [-0.05, 0) is 29.2 Å². The van der Waals surface area contributed by atoms with Crippen molar-refractivity contribution >= 4 is 21.9 Å². The number of furan rings is 1. The molecule has 0 saturated heterocycles. The van der Waals surface area contributed by atoms with Gasteiger partial charge in [0.15, 0.2) is 5.82 Å². The van der Waals surface area contributed by atoms with Crippen LogP contribution in [0.4, 0.5) is 0 Å². The Morgan fingerprint density at radius 1 is 0.871 bits per heavy atom. The quantitative estimate of drug-likeness (QED) is 0.306. The van der Waals surface area contributed by atoms with Crippen LogP contribution in [0.25, 0.3) is 44.6 Å². The SMILES string of the molecule is CC(C)c1ccc2cnc(-c3cccc4c3C(C)(C)c3c-4oc4ccccc34)nc2c1. The number of rotatable bonds is 2. The topological polar surface area (TPSA) is 38.9 Å². The van der Waals surface area contributed by atoms with Crippen LogP contribution >= 0.6 is 0 Å². The maximum atomic E-state index is 6.33. The Balaban J connectivity index is 1.59. The van der Waals surface area contributed by atoms with Crippen molar-refractivity contribution in [2.75, 3.05) is 0 Å². The highest BCUT2D eigenvalue weighted by Crippen LogP contribution is 2.55. The highest BCUT2D eigenvalue weighted by Gasteiger charge is 2.42. The first-order valence-corrected chi connectivity index (χ1v) is 10.9. The second-order valence-electron chi connectivity index (χ2n) is 9.32. The molecule has 0 saturated carbocycles. The largest absolute Gasteiger partial charge is 0.456 e. The fourth-order valence-electron chi connectivity index (χ4n) is 5.11. The molecule has 0 spiro atoms. The Morgan fingerprint density at radius 2 is 1.68 bits per heavy atom. The molecule has 0 bridgehead atoms. The van der Waals surface area contributed by atoms with Gasteiger partial charge in [-0.1, -0.05) is 76.2 Å². The lowest BCUT2D eigenvalue weighted by molar-refractivity contribution is 0.619. The third-order valence-corrected chi connectivity index (χ3v) is 6.67. The summed E-state index contributed by atoms with van der Waals surface area (Å²) in [6.07, 6.45) is 1.94. The number of para-hydroxylation sites is 1. The van der Waals surface area contributed by atoms with E-state index in [1.807, 2.05) is 18.3 Å². The Labute approximate surface area is 181 Å². The minimum atomic E-state index is -0.202. The van der Waals surface area contributed by atoms with Crippen molar-refractivity contribution < 1.29 is 4.42 Å². The smallest absolute Gasteiger partial charge is 0.160 e. The Kier molecular flexibility index (Phi) is 3.71. The normalized spacial score (nSPS) is 14.4. The number of fused-ring (bicyclic) bond motifs is 6. The Bertz CT molecular complexity index is 1490. The van der Waals surface area contributed by atoms with Gasteiger partial charge in [-0.15, -0.1) is 0 Å². The van der Waals surface area contributed by atoms with Crippen LogP contribution in [0.5, 0.6) is 0 Å². The summed E-state index contributed by atoms with van der Waals surface area (Å²) >= 11 is 0. The van der Waals surface area contributed by atoms with Gasteiger partial charge in [0.1, 0.15) is 11.3 Å². The number of aromatic nitrogens is 2. The molecule has 3 nitrogen and oxygen atoms in total. The molecule has 6 rings (SSSR count). The predicted octanol–water partition coefficient (Wildman–Crippen LogP) is 7.47. The van der Waals surface area contributed by atoms with Crippen LogP contribution in [0.2, 0.25) is 0 Å². The molecule has 2 aromatic heterocycles. The molecule has 2 heterocycles. The van der Waals surface area contributed by atoms with Gasteiger partial charge in [-0.2, -0.15) is 0 Å². The molecule has 31 heavy (non-hydrogen) atoms. The van der Waals surface area contributed by atoms with E-state index >= 15 is 0 Å². The summed E-state index contributed by atoms with van der Waals surface area (Å²) in [5.74, 6) is 2.21. The molecule has 0 radical (unpaired) electrons. The lowest BCUT2D eigenvalue weighted by Crippen LogP contribution is -2.16. The molecule has 3 heteroatoms. The van der Waals surface area contributed by atoms with E-state index in [9.17, 15) is 0 Å². The zero-order valence-corrected chi connectivity index (χ0v) is 18.2. The number of benzene rings is 3. The summed E-state index contributed by atoms with van der Waals surface area (Å²) in [6.45, 7) is 8.98. The third kappa shape index (κ3) is 2.53. The highest BCUT2D eigenvalue weighted by atomic mass is 16.3. The van der Waals surface area contributed by atoms with Gasteiger partial charge in [0, 0.05) is 39.1 Å². The van der Waals surface area contributed by atoms with Gasteiger partial charge in [-0.25, -0.2) is 9.97 Å². The number of hydrogen-bond donors (Lipinski definition) is 0. The first kappa shape index (κ1) is 18.3. The molecule has 1 aliphatic carbocycles. The van der Waals surface area contributed by atoms with E-state index in [2.05, 4.69) is 76.2 Å². The van der Waals surface area contributed by atoms with Crippen molar-refractivity contribution in [3.8, 4) is 22.7 Å². The second kappa shape index (κ2) is 6.27. The first-order valence-electron chi connectivity index (χ1n) is 10.9. The molecule has 0 amide bonds. The van der Waals surface area contributed by atoms with Gasteiger partial charge in [0.25, 0.3) is 0 Å². The van der Waals surface area contributed by atoms with Crippen molar-refractivity contribution in [1.82, 2.24) is 9.97 Å². The number of hydrogen-bond acceptors (Lipinski definition) is 3. The van der Waals surface area contributed by atoms with Gasteiger partial charge < -0.3 is 4.42 Å². The third-order valence-electron chi connectivity index (χ3n) is 6.67. The minimum absolute atomic E-state index is 0.202. The lowest BCUT2D eigenvalue weighted by Gasteiger charge is -2.23. The van der Waals surface area contributed by atoms with E-state index in [1.54, 1.807) is 0 Å². The Morgan fingerprint density at radius 3 is 2.52 bits per heavy atom. The number of nitrogens with zero attached hydrogens (tertiary/aromatic N) is 2. The molecule has 0 aliphatic heterocycles. The molecular weight excluding hydrogens is 380 g/mol. The summed E-state index contributed by atoms with van der Waals surface area (Å²) in [7, 11) is 0. The molecule has 0 unspecified atom stereocenters. The molecule has 1 aliphatic rings. The van der Waals surface area contributed by atoms with Gasteiger partial charge in [-0.3, -0.25) is 0 Å². The predicted molar refractivity (Wildman–Crippen MR) is 126 cm³/mol. The summed E-state index contributed by atoms with van der Waals surface area (Å²) < 4.78 is 6.33. The van der Waals surface area contributed by atoms with Gasteiger partial charge in [0.05, 0.1) is 5.52 Å². The molecule has 3 aromatic carbocycles. The molecule has 0 atom stereocenters. The van der Waals surface area contributed by atoms with Gasteiger partial charge >= 0.3 is 0 Å². The van der Waals surface area contributed by atoms with E-state index in [4.69, 9.17) is 14.4 Å². The zero-order valence-electron chi connectivity index (χ0n) is 18.2. The van der Waals surface area contributed by atoms with Crippen molar-refractivity contribution in [2.45, 2.75) is 39.0 Å². The fourth-order valence-corrected chi connectivity index (χ4v) is 5.11. The van der Waals surface area contributed by atoms with E-state index < -0.39 is 0 Å². The minimum Gasteiger partial charge on any atom is -0.456 e. The summed E-state index contributed by atoms with van der Waals surface area (Å²) in [5.41, 5.74) is 7.75. The summed E-state index contributed by atoms with van der Waals surface area (Å²) in [5, 5.41) is 2.25.